The summed E-state index contributed by atoms with van der Waals surface area (Å²) in [7, 11) is 0. The van der Waals surface area contributed by atoms with Crippen LogP contribution in [0.1, 0.15) is 131 Å². The van der Waals surface area contributed by atoms with Crippen molar-refractivity contribution >= 4 is 112 Å². The van der Waals surface area contributed by atoms with Crippen LogP contribution in [0.3, 0.4) is 0 Å². The van der Waals surface area contributed by atoms with Crippen molar-refractivity contribution in [1.82, 2.24) is 74.4 Å². The molecular weight excluding hydrogens is 1400 g/mol. The fourth-order valence-electron chi connectivity index (χ4n) is 9.45. The topological polar surface area (TPSA) is 778 Å². The van der Waals surface area contributed by atoms with Gasteiger partial charge in [-0.25, -0.2) is 4.79 Å². The van der Waals surface area contributed by atoms with Gasteiger partial charge < -0.3 is 141 Å². The number of nitrogens with two attached hydrogens (primary N) is 9. The number of aliphatic hydroxyl groups excluding tert-OH is 2. The van der Waals surface area contributed by atoms with Crippen molar-refractivity contribution in [3.63, 3.8) is 0 Å². The van der Waals surface area contributed by atoms with Gasteiger partial charge in [-0.15, -0.1) is 0 Å². The smallest absolute Gasteiger partial charge is 0.326 e. The third-order valence-corrected chi connectivity index (χ3v) is 15.2. The van der Waals surface area contributed by atoms with Crippen molar-refractivity contribution < 1.29 is 96.8 Å². The Bertz CT molecular complexity index is 3040. The Kier molecular flexibility index (Phi) is 46.3. The number of aliphatic carboxylic acids is 1. The monoisotopic (exact) mass is 1510 g/mol. The van der Waals surface area contributed by atoms with Gasteiger partial charge in [0.2, 0.25) is 94.5 Å². The number of hydrogen-bond donors (Lipinski definition) is 26. The molecule has 0 bridgehead atoms. The summed E-state index contributed by atoms with van der Waals surface area (Å²) in [6.07, 6.45) is -2.64. The summed E-state index contributed by atoms with van der Waals surface area (Å²) >= 11 is 0. The normalized spacial score (nSPS) is 14.6. The van der Waals surface area contributed by atoms with Gasteiger partial charge in [-0.3, -0.25) is 86.7 Å². The number of carboxylic acids is 1. The first-order valence-electron chi connectivity index (χ1n) is 34.2. The van der Waals surface area contributed by atoms with Crippen molar-refractivity contribution in [3.8, 4) is 0 Å². The Morgan fingerprint density at radius 3 is 1.11 bits per heavy atom. The highest BCUT2D eigenvalue weighted by Gasteiger charge is 2.36. The number of carboxylic acid groups (broad SMARTS) is 1. The molecule has 0 saturated heterocycles. The number of unbranched alkanes of at least 4 members (excludes halogenated alkanes) is 2. The first-order valence-corrected chi connectivity index (χ1v) is 34.2. The lowest BCUT2D eigenvalue weighted by Gasteiger charge is -2.28. The van der Waals surface area contributed by atoms with Gasteiger partial charge in [0, 0.05) is 19.5 Å². The Morgan fingerprint density at radius 2 is 0.726 bits per heavy atom. The first-order chi connectivity index (χ1) is 49.7. The largest absolute Gasteiger partial charge is 0.480 e. The van der Waals surface area contributed by atoms with Crippen molar-refractivity contribution in [3.05, 3.63) is 0 Å². The van der Waals surface area contributed by atoms with Gasteiger partial charge >= 0.3 is 5.97 Å². The van der Waals surface area contributed by atoms with E-state index in [0.29, 0.717) is 12.8 Å². The number of nitrogens with zero attached hydrogens (tertiary/aromatic N) is 2. The molecule has 35 N–H and O–H groups in total. The van der Waals surface area contributed by atoms with E-state index in [1.165, 1.54) is 27.7 Å². The van der Waals surface area contributed by atoms with Crippen molar-refractivity contribution in [2.75, 3.05) is 52.4 Å². The predicted molar refractivity (Wildman–Crippen MR) is 379 cm³/mol. The number of guanidine groups is 2. The Morgan fingerprint density at radius 1 is 0.368 bits per heavy atom. The van der Waals surface area contributed by atoms with Gasteiger partial charge in [-0.1, -0.05) is 13.8 Å². The van der Waals surface area contributed by atoms with E-state index in [2.05, 4.69) is 84.4 Å². The molecule has 0 aliphatic heterocycles. The van der Waals surface area contributed by atoms with Crippen LogP contribution in [-0.4, -0.2) is 259 Å². The van der Waals surface area contributed by atoms with Gasteiger partial charge in [-0.05, 0) is 124 Å². The number of hydrogen-bond acceptors (Lipinski definition) is 24. The zero-order valence-corrected chi connectivity index (χ0v) is 60.5. The average Bonchev–Trinajstić information content (AvgIpc) is 0.863. The van der Waals surface area contributed by atoms with Crippen LogP contribution in [0.25, 0.3) is 0 Å². The summed E-state index contributed by atoms with van der Waals surface area (Å²) in [4.78, 5) is 231. The van der Waals surface area contributed by atoms with Crippen LogP contribution in [0.15, 0.2) is 9.98 Å². The van der Waals surface area contributed by atoms with Crippen molar-refractivity contribution in [2.24, 2.45) is 67.5 Å². The lowest BCUT2D eigenvalue weighted by molar-refractivity contribution is -0.143. The first kappa shape index (κ1) is 95.3. The summed E-state index contributed by atoms with van der Waals surface area (Å²) in [5, 5.41) is 63.2. The maximum atomic E-state index is 14.3. The number of aliphatic imine (C=N–C) groups is 2. The fraction of sp³-hybridized carbons (Fsp3) is 0.689. The van der Waals surface area contributed by atoms with Crippen LogP contribution < -0.4 is 126 Å². The van der Waals surface area contributed by atoms with E-state index in [1.54, 1.807) is 13.8 Å². The molecule has 600 valence electrons. The number of rotatable bonds is 54. The van der Waals surface area contributed by atoms with Gasteiger partial charge in [0.15, 0.2) is 11.9 Å². The molecule has 0 heterocycles. The van der Waals surface area contributed by atoms with E-state index in [4.69, 9.17) is 51.6 Å². The summed E-state index contributed by atoms with van der Waals surface area (Å²) in [5.74, 6) is -18.1. The molecule has 0 saturated carbocycles. The standard InChI is InChI=1S/C61H111N25O20/c1-29(2)23-39(55(101)76-32(5)50(96)83-40(24-43(66)90)56(102)82-38(59(105)106)17-18-42(65)89)84-53(99)34(13-7-9-19-62)80-52(98)37(16-12-22-72-61(69)70)79-49(95)31(4)77-57(103)41(28-87)85-54(100)35(14-8-10-20-63)81-51(97)36(15-11-21-71-60(67)68)78-48(94)30(3)75-45(92)27-74-58(104)47(33(6)88)86-46(93)26-73-44(91)25-64/h29-41,47,87-88H,7-28,62-64H2,1-6H3,(H2,65,89)(H2,66,90)(H,73,91)(H,74,104)(H,75,92)(H,76,101)(H,77,103)(H,78,94)(H,79,95)(H,80,98)(H,81,97)(H,82,102)(H,83,96)(H,84,99)(H,85,100)(H,86,93)(H,105,106)(H4,67,68,71)(H4,69,70,72)/t30-,31-,32-,33+,34-,35-,36-,37-,38-,39-,40-,41-,47-/m0/s1. The van der Waals surface area contributed by atoms with Gasteiger partial charge in [0.1, 0.15) is 72.5 Å². The summed E-state index contributed by atoms with van der Waals surface area (Å²) in [6.45, 7) is 5.50. The second kappa shape index (κ2) is 51.5. The van der Waals surface area contributed by atoms with Crippen LogP contribution in [0.5, 0.6) is 0 Å². The quantitative estimate of drug-likeness (QED) is 0.0153. The minimum Gasteiger partial charge on any atom is -0.480 e. The van der Waals surface area contributed by atoms with Gasteiger partial charge in [-0.2, -0.15) is 0 Å². The number of primary amides is 2. The summed E-state index contributed by atoms with van der Waals surface area (Å²) < 4.78 is 0. The Labute approximate surface area is 611 Å². The van der Waals surface area contributed by atoms with Crippen molar-refractivity contribution in [2.45, 2.75) is 210 Å². The minimum absolute atomic E-state index is 0.0323. The summed E-state index contributed by atoms with van der Waals surface area (Å²) in [6, 6.07) is -18.6. The highest BCUT2D eigenvalue weighted by Crippen LogP contribution is 2.12. The lowest BCUT2D eigenvalue weighted by atomic mass is 10.0. The zero-order chi connectivity index (χ0) is 80.9. The number of nitrogens with one attached hydrogen (secondary N) is 14. The number of aliphatic hydroxyl groups is 2. The maximum Gasteiger partial charge on any atom is 0.326 e. The van der Waals surface area contributed by atoms with E-state index in [9.17, 15) is 96.8 Å². The van der Waals surface area contributed by atoms with Crippen LogP contribution in [-0.2, 0) is 81.5 Å². The molecule has 0 aliphatic rings. The van der Waals surface area contributed by atoms with E-state index >= 15 is 0 Å². The second-order valence-electron chi connectivity index (χ2n) is 25.0. The van der Waals surface area contributed by atoms with E-state index in [-0.39, 0.29) is 102 Å². The number of amides is 16. The molecule has 13 atom stereocenters. The van der Waals surface area contributed by atoms with Crippen LogP contribution >= 0.6 is 0 Å². The fourth-order valence-corrected chi connectivity index (χ4v) is 9.45. The molecule has 45 nitrogen and oxygen atoms in total. The lowest BCUT2D eigenvalue weighted by Crippen LogP contribution is -2.60. The molecule has 16 amide bonds. The number of carbonyl (C=O) groups excluding carboxylic acids is 16. The van der Waals surface area contributed by atoms with E-state index < -0.39 is 225 Å². The molecule has 0 fully saturated rings. The third kappa shape index (κ3) is 40.4. The average molecular weight is 1510 g/mol. The third-order valence-electron chi connectivity index (χ3n) is 15.2. The van der Waals surface area contributed by atoms with Crippen LogP contribution in [0, 0.1) is 5.92 Å². The molecule has 0 spiro atoms. The molecule has 0 aromatic rings. The predicted octanol–water partition coefficient (Wildman–Crippen LogP) is -12.9. The molecule has 0 radical (unpaired) electrons. The Hall–Kier alpha value is -10.7. The SMILES string of the molecule is CC(C)C[C@H](NC(=O)[C@H](CCCCN)NC(=O)[C@H](CCCN=C(N)N)NC(=O)[C@H](C)NC(=O)[C@H](CO)NC(=O)[C@H](CCCCN)NC(=O)[C@H](CCCN=C(N)N)NC(=O)[C@H](C)NC(=O)CNC(=O)[C@@H](NC(=O)CNC(=O)CN)[C@@H](C)O)C(=O)N[C@@H](C)C(=O)N[C@@H](CC(N)=O)C(=O)N[C@@H](CCC(N)=O)C(=O)O. The van der Waals surface area contributed by atoms with Crippen LogP contribution in [0.4, 0.5) is 0 Å². The Balaban J connectivity index is 6.69. The minimum atomic E-state index is -1.82. The number of carbonyl (C=O) groups is 17. The van der Waals surface area contributed by atoms with Crippen LogP contribution in [0.2, 0.25) is 0 Å². The molecule has 0 aliphatic carbocycles. The molecule has 106 heavy (non-hydrogen) atoms. The van der Waals surface area contributed by atoms with E-state index in [1.807, 2.05) is 0 Å². The molecule has 0 rings (SSSR count). The molecule has 45 heteroatoms. The van der Waals surface area contributed by atoms with Gasteiger partial charge in [0.25, 0.3) is 0 Å². The highest BCUT2D eigenvalue weighted by atomic mass is 16.4. The van der Waals surface area contributed by atoms with Gasteiger partial charge in [0.05, 0.1) is 38.8 Å². The molecule has 0 unspecified atom stereocenters. The molecule has 0 aromatic carbocycles. The summed E-state index contributed by atoms with van der Waals surface area (Å²) in [5.41, 5.74) is 49.0. The molecule has 0 aromatic heterocycles. The highest BCUT2D eigenvalue weighted by molar-refractivity contribution is 6.00. The van der Waals surface area contributed by atoms with Crippen molar-refractivity contribution in [1.29, 1.82) is 0 Å². The second-order valence-corrected chi connectivity index (χ2v) is 25.0. The van der Waals surface area contributed by atoms with E-state index in [0.717, 1.165) is 0 Å². The maximum absolute atomic E-state index is 14.3. The molecular formula is C61H111N25O20. The zero-order valence-electron chi connectivity index (χ0n) is 60.5.